The highest BCUT2D eigenvalue weighted by atomic mass is 16.6. The zero-order chi connectivity index (χ0) is 19.5. The Balaban J connectivity index is 2.07. The summed E-state index contributed by atoms with van der Waals surface area (Å²) in [6.45, 7) is 0. The second-order valence-corrected chi connectivity index (χ2v) is 7.04. The lowest BCUT2D eigenvalue weighted by atomic mass is 10.0. The number of nitrogens with zero attached hydrogens (tertiary/aromatic N) is 3. The van der Waals surface area contributed by atoms with Gasteiger partial charge in [-0.05, 0) is 31.7 Å². The van der Waals surface area contributed by atoms with Gasteiger partial charge in [-0.25, -0.2) is 0 Å². The lowest BCUT2D eigenvalue weighted by Gasteiger charge is -2.08. The largest absolute Gasteiger partial charge is 0.301 e. The van der Waals surface area contributed by atoms with Crippen molar-refractivity contribution < 1.29 is 9.85 Å². The minimum absolute atomic E-state index is 0.181. The van der Waals surface area contributed by atoms with Crippen LogP contribution in [0.4, 0.5) is 17.1 Å². The standard InChI is InChI=1S/C19H28N4O4/c24-22(25)17-13-14-18(19(15-17)23(26)27)21-20-16-11-9-7-5-3-1-2-4-6-8-10-12-16/h13-15,21H,1-12H2. The highest BCUT2D eigenvalue weighted by Crippen LogP contribution is 2.29. The van der Waals surface area contributed by atoms with E-state index in [0.29, 0.717) is 0 Å². The second-order valence-electron chi connectivity index (χ2n) is 7.04. The number of nitro benzene ring substituents is 2. The molecule has 0 aliphatic heterocycles. The predicted octanol–water partition coefficient (Wildman–Crippen LogP) is 5.97. The summed E-state index contributed by atoms with van der Waals surface area (Å²) in [5.41, 5.74) is 3.34. The average Bonchev–Trinajstić information content (AvgIpc) is 2.67. The van der Waals surface area contributed by atoms with E-state index in [0.717, 1.165) is 37.5 Å². The number of benzene rings is 1. The Morgan fingerprint density at radius 1 is 0.778 bits per heavy atom. The van der Waals surface area contributed by atoms with Crippen molar-refractivity contribution in [3.63, 3.8) is 0 Å². The molecule has 27 heavy (non-hydrogen) atoms. The van der Waals surface area contributed by atoms with Gasteiger partial charge in [-0.3, -0.25) is 25.7 Å². The van der Waals surface area contributed by atoms with E-state index in [1.807, 2.05) is 0 Å². The monoisotopic (exact) mass is 376 g/mol. The van der Waals surface area contributed by atoms with Crippen molar-refractivity contribution >= 4 is 22.8 Å². The van der Waals surface area contributed by atoms with Crippen molar-refractivity contribution in [1.82, 2.24) is 0 Å². The fraction of sp³-hybridized carbons (Fsp3) is 0.632. The maximum Gasteiger partial charge on any atom is 0.301 e. The number of nitrogens with one attached hydrogen (secondary N) is 1. The molecule has 8 heteroatoms. The van der Waals surface area contributed by atoms with Crippen molar-refractivity contribution in [3.05, 3.63) is 38.4 Å². The number of hydrogen-bond acceptors (Lipinski definition) is 6. The summed E-state index contributed by atoms with van der Waals surface area (Å²) in [4.78, 5) is 20.8. The number of hydrogen-bond donors (Lipinski definition) is 1. The minimum Gasteiger partial charge on any atom is -0.272 e. The molecule has 0 amide bonds. The van der Waals surface area contributed by atoms with Gasteiger partial charge in [-0.2, -0.15) is 5.10 Å². The van der Waals surface area contributed by atoms with Crippen LogP contribution in [0.3, 0.4) is 0 Å². The fourth-order valence-electron chi connectivity index (χ4n) is 3.33. The SMILES string of the molecule is O=[N+]([O-])c1ccc(NN=C2CCCCCCCCCCCC2)c([N+](=O)[O-])c1. The second kappa shape index (κ2) is 11.3. The number of anilines is 1. The summed E-state index contributed by atoms with van der Waals surface area (Å²) in [6.07, 6.45) is 14.0. The van der Waals surface area contributed by atoms with E-state index in [4.69, 9.17) is 0 Å². The Kier molecular flexibility index (Phi) is 8.67. The first-order valence-corrected chi connectivity index (χ1v) is 9.82. The lowest BCUT2D eigenvalue weighted by Crippen LogP contribution is -2.05. The van der Waals surface area contributed by atoms with E-state index in [-0.39, 0.29) is 17.1 Å². The molecule has 0 saturated heterocycles. The summed E-state index contributed by atoms with van der Waals surface area (Å²) in [7, 11) is 0. The molecule has 0 unspecified atom stereocenters. The van der Waals surface area contributed by atoms with Crippen molar-refractivity contribution in [2.24, 2.45) is 5.10 Å². The van der Waals surface area contributed by atoms with Crippen LogP contribution in [0.25, 0.3) is 0 Å². The molecule has 8 nitrogen and oxygen atoms in total. The van der Waals surface area contributed by atoms with Crippen LogP contribution in [0.2, 0.25) is 0 Å². The maximum atomic E-state index is 11.2. The van der Waals surface area contributed by atoms with Crippen molar-refractivity contribution in [2.75, 3.05) is 5.43 Å². The van der Waals surface area contributed by atoms with Gasteiger partial charge < -0.3 is 0 Å². The molecular weight excluding hydrogens is 348 g/mol. The molecule has 0 atom stereocenters. The minimum atomic E-state index is -0.641. The highest BCUT2D eigenvalue weighted by Gasteiger charge is 2.19. The Morgan fingerprint density at radius 3 is 1.78 bits per heavy atom. The van der Waals surface area contributed by atoms with E-state index in [1.165, 1.54) is 63.5 Å². The Bertz CT molecular complexity index is 660. The molecule has 1 saturated carbocycles. The molecule has 1 aliphatic rings. The molecule has 1 aromatic carbocycles. The molecule has 1 N–H and O–H groups in total. The average molecular weight is 376 g/mol. The zero-order valence-electron chi connectivity index (χ0n) is 15.7. The van der Waals surface area contributed by atoms with Gasteiger partial charge in [-0.1, -0.05) is 51.4 Å². The summed E-state index contributed by atoms with van der Waals surface area (Å²) in [5.74, 6) is 0. The molecule has 0 heterocycles. The first-order chi connectivity index (χ1) is 13.1. The first-order valence-electron chi connectivity index (χ1n) is 9.82. The van der Waals surface area contributed by atoms with Crippen LogP contribution < -0.4 is 5.43 Å². The van der Waals surface area contributed by atoms with Gasteiger partial charge in [0.2, 0.25) is 0 Å². The number of non-ortho nitro benzene ring substituents is 1. The van der Waals surface area contributed by atoms with Crippen LogP contribution in [0, 0.1) is 20.2 Å². The topological polar surface area (TPSA) is 111 Å². The van der Waals surface area contributed by atoms with Crippen molar-refractivity contribution in [3.8, 4) is 0 Å². The highest BCUT2D eigenvalue weighted by molar-refractivity contribution is 5.85. The van der Waals surface area contributed by atoms with Gasteiger partial charge in [0.25, 0.3) is 5.69 Å². The molecular formula is C19H28N4O4. The smallest absolute Gasteiger partial charge is 0.272 e. The Hall–Kier alpha value is -2.51. The third kappa shape index (κ3) is 7.32. The van der Waals surface area contributed by atoms with Crippen LogP contribution >= 0.6 is 0 Å². The molecule has 0 aromatic heterocycles. The summed E-state index contributed by atoms with van der Waals surface area (Å²) in [5, 5.41) is 26.5. The van der Waals surface area contributed by atoms with E-state index in [2.05, 4.69) is 10.5 Å². The van der Waals surface area contributed by atoms with E-state index >= 15 is 0 Å². The van der Waals surface area contributed by atoms with Gasteiger partial charge in [-0.15, -0.1) is 0 Å². The molecule has 0 bridgehead atoms. The van der Waals surface area contributed by atoms with Crippen LogP contribution in [0.15, 0.2) is 23.3 Å². The Labute approximate surface area is 159 Å². The van der Waals surface area contributed by atoms with Crippen LogP contribution in [-0.2, 0) is 0 Å². The number of hydrazone groups is 1. The van der Waals surface area contributed by atoms with Gasteiger partial charge in [0.1, 0.15) is 5.69 Å². The molecule has 1 aromatic rings. The van der Waals surface area contributed by atoms with Crippen molar-refractivity contribution in [1.29, 1.82) is 0 Å². The van der Waals surface area contributed by atoms with Gasteiger partial charge in [0, 0.05) is 11.8 Å². The maximum absolute atomic E-state index is 11.2. The van der Waals surface area contributed by atoms with Crippen LogP contribution in [0.1, 0.15) is 77.0 Å². The van der Waals surface area contributed by atoms with Gasteiger partial charge in [0.05, 0.1) is 15.9 Å². The lowest BCUT2D eigenvalue weighted by molar-refractivity contribution is -0.393. The molecule has 148 valence electrons. The summed E-state index contributed by atoms with van der Waals surface area (Å²) >= 11 is 0. The predicted molar refractivity (Wildman–Crippen MR) is 106 cm³/mol. The van der Waals surface area contributed by atoms with Crippen LogP contribution in [0.5, 0.6) is 0 Å². The zero-order valence-corrected chi connectivity index (χ0v) is 15.7. The van der Waals surface area contributed by atoms with E-state index < -0.39 is 9.85 Å². The third-order valence-electron chi connectivity index (χ3n) is 4.90. The quantitative estimate of drug-likeness (QED) is 0.514. The summed E-state index contributed by atoms with van der Waals surface area (Å²) < 4.78 is 0. The summed E-state index contributed by atoms with van der Waals surface area (Å²) in [6, 6.07) is 3.56. The molecule has 0 spiro atoms. The van der Waals surface area contributed by atoms with E-state index in [9.17, 15) is 20.2 Å². The Morgan fingerprint density at radius 2 is 1.30 bits per heavy atom. The first kappa shape index (κ1) is 20.8. The van der Waals surface area contributed by atoms with E-state index in [1.54, 1.807) is 0 Å². The molecule has 1 fully saturated rings. The van der Waals surface area contributed by atoms with Crippen LogP contribution in [-0.4, -0.2) is 15.6 Å². The molecule has 0 radical (unpaired) electrons. The van der Waals surface area contributed by atoms with Crippen molar-refractivity contribution in [2.45, 2.75) is 77.0 Å². The number of rotatable bonds is 4. The normalized spacial score (nSPS) is 17.1. The third-order valence-corrected chi connectivity index (χ3v) is 4.90. The number of nitro groups is 2. The molecule has 2 rings (SSSR count). The molecule has 1 aliphatic carbocycles. The fourth-order valence-corrected chi connectivity index (χ4v) is 3.33. The van der Waals surface area contributed by atoms with Gasteiger partial charge in [0.15, 0.2) is 0 Å². The van der Waals surface area contributed by atoms with Gasteiger partial charge >= 0.3 is 5.69 Å².